The average Bonchev–Trinajstić information content (AvgIpc) is 2.91. The van der Waals surface area contributed by atoms with E-state index in [0.717, 1.165) is 12.0 Å². The molecule has 0 N–H and O–H groups in total. The van der Waals surface area contributed by atoms with Crippen LogP contribution in [0, 0.1) is 6.92 Å². The van der Waals surface area contributed by atoms with Crippen molar-refractivity contribution in [2.75, 3.05) is 13.2 Å². The summed E-state index contributed by atoms with van der Waals surface area (Å²) in [6.07, 6.45) is 0.936. The second-order valence-corrected chi connectivity index (χ2v) is 6.62. The molecule has 2 bridgehead atoms. The zero-order chi connectivity index (χ0) is 12.0. The molecule has 1 aromatic rings. The number of nitrogens with zero attached hydrogens (tertiary/aromatic N) is 1. The lowest BCUT2D eigenvalue weighted by Crippen LogP contribution is -2.41. The van der Waals surface area contributed by atoms with Crippen molar-refractivity contribution in [2.45, 2.75) is 30.4 Å². The number of sulfonamides is 1. The topological polar surface area (TPSA) is 46.6 Å². The molecule has 0 unspecified atom stereocenters. The quantitative estimate of drug-likeness (QED) is 0.794. The van der Waals surface area contributed by atoms with Crippen LogP contribution in [0.15, 0.2) is 29.2 Å². The number of fused-ring (bicyclic) bond motifs is 2. The number of rotatable bonds is 2. The van der Waals surface area contributed by atoms with Gasteiger partial charge in [-0.1, -0.05) is 17.7 Å². The fourth-order valence-corrected chi connectivity index (χ4v) is 4.16. The molecular formula is C12H15NO3S. The molecule has 0 aromatic heterocycles. The minimum absolute atomic E-state index is 0.0336. The maximum Gasteiger partial charge on any atom is 0.243 e. The van der Waals surface area contributed by atoms with Gasteiger partial charge in [0.05, 0.1) is 23.6 Å². The van der Waals surface area contributed by atoms with Crippen molar-refractivity contribution in [1.82, 2.24) is 4.31 Å². The van der Waals surface area contributed by atoms with Crippen molar-refractivity contribution < 1.29 is 13.2 Å². The molecule has 2 aliphatic heterocycles. The third kappa shape index (κ3) is 1.78. The molecule has 4 nitrogen and oxygen atoms in total. The molecular weight excluding hydrogens is 238 g/mol. The first-order valence-electron chi connectivity index (χ1n) is 5.77. The minimum atomic E-state index is -3.33. The van der Waals surface area contributed by atoms with Crippen LogP contribution in [0.2, 0.25) is 0 Å². The normalized spacial score (nSPS) is 28.8. The molecule has 3 rings (SSSR count). The molecule has 92 valence electrons. The molecule has 2 saturated heterocycles. The van der Waals surface area contributed by atoms with Crippen molar-refractivity contribution in [3.05, 3.63) is 29.8 Å². The Morgan fingerprint density at radius 2 is 2.00 bits per heavy atom. The van der Waals surface area contributed by atoms with Gasteiger partial charge in [0, 0.05) is 6.54 Å². The highest BCUT2D eigenvalue weighted by Gasteiger charge is 2.45. The van der Waals surface area contributed by atoms with Crippen molar-refractivity contribution in [3.8, 4) is 0 Å². The second kappa shape index (κ2) is 3.80. The molecule has 2 heterocycles. The first kappa shape index (κ1) is 11.2. The predicted molar refractivity (Wildman–Crippen MR) is 63.2 cm³/mol. The Labute approximate surface area is 101 Å². The smallest absolute Gasteiger partial charge is 0.243 e. The maximum absolute atomic E-state index is 12.4. The van der Waals surface area contributed by atoms with Gasteiger partial charge in [-0.3, -0.25) is 0 Å². The monoisotopic (exact) mass is 253 g/mol. The molecule has 5 heteroatoms. The first-order chi connectivity index (χ1) is 8.07. The van der Waals surface area contributed by atoms with Gasteiger partial charge >= 0.3 is 0 Å². The third-order valence-corrected chi connectivity index (χ3v) is 5.41. The number of ether oxygens (including phenoxy) is 1. The minimum Gasteiger partial charge on any atom is -0.375 e. The molecule has 17 heavy (non-hydrogen) atoms. The van der Waals surface area contributed by atoms with Crippen LogP contribution in [0.5, 0.6) is 0 Å². The Hall–Kier alpha value is -0.910. The lowest BCUT2D eigenvalue weighted by molar-refractivity contribution is 0.0608. The van der Waals surface area contributed by atoms with E-state index in [0.29, 0.717) is 18.0 Å². The van der Waals surface area contributed by atoms with Gasteiger partial charge in [0.1, 0.15) is 0 Å². The van der Waals surface area contributed by atoms with E-state index in [1.165, 1.54) is 0 Å². The first-order valence-corrected chi connectivity index (χ1v) is 7.21. The van der Waals surface area contributed by atoms with Crippen LogP contribution in [0.4, 0.5) is 0 Å². The van der Waals surface area contributed by atoms with E-state index >= 15 is 0 Å². The van der Waals surface area contributed by atoms with Gasteiger partial charge in [0.15, 0.2) is 0 Å². The molecule has 2 atom stereocenters. The molecule has 0 amide bonds. The lowest BCUT2D eigenvalue weighted by Gasteiger charge is -2.26. The highest BCUT2D eigenvalue weighted by atomic mass is 32.2. The Bertz CT molecular complexity index is 523. The summed E-state index contributed by atoms with van der Waals surface area (Å²) in [7, 11) is -3.33. The predicted octanol–water partition coefficient (Wildman–Crippen LogP) is 1.16. The van der Waals surface area contributed by atoms with Crippen LogP contribution in [0.3, 0.4) is 0 Å². The third-order valence-electron chi connectivity index (χ3n) is 3.48. The van der Waals surface area contributed by atoms with Crippen molar-refractivity contribution >= 4 is 10.0 Å². The summed E-state index contributed by atoms with van der Waals surface area (Å²) in [6.45, 7) is 2.98. The zero-order valence-corrected chi connectivity index (χ0v) is 10.5. The highest BCUT2D eigenvalue weighted by molar-refractivity contribution is 7.89. The Kier molecular flexibility index (Phi) is 2.50. The average molecular weight is 253 g/mol. The summed E-state index contributed by atoms with van der Waals surface area (Å²) >= 11 is 0. The maximum atomic E-state index is 12.4. The lowest BCUT2D eigenvalue weighted by atomic mass is 10.2. The van der Waals surface area contributed by atoms with Gasteiger partial charge in [-0.2, -0.15) is 4.31 Å². The summed E-state index contributed by atoms with van der Waals surface area (Å²) in [5, 5.41) is 0. The summed E-state index contributed by atoms with van der Waals surface area (Å²) in [6, 6.07) is 7.05. The zero-order valence-electron chi connectivity index (χ0n) is 9.67. The number of aryl methyl sites for hydroxylation is 1. The Morgan fingerprint density at radius 3 is 2.53 bits per heavy atom. The summed E-state index contributed by atoms with van der Waals surface area (Å²) in [5.74, 6) is 0. The number of hydrogen-bond acceptors (Lipinski definition) is 3. The van der Waals surface area contributed by atoms with E-state index in [-0.39, 0.29) is 12.1 Å². The summed E-state index contributed by atoms with van der Waals surface area (Å²) < 4.78 is 31.8. The van der Waals surface area contributed by atoms with Gasteiger partial charge in [-0.05, 0) is 25.5 Å². The second-order valence-electron chi connectivity index (χ2n) is 4.73. The Morgan fingerprint density at radius 1 is 1.29 bits per heavy atom. The fraction of sp³-hybridized carbons (Fsp3) is 0.500. The Balaban J connectivity index is 1.93. The van der Waals surface area contributed by atoms with Crippen LogP contribution < -0.4 is 0 Å². The molecule has 0 saturated carbocycles. The van der Waals surface area contributed by atoms with E-state index in [1.54, 1.807) is 16.4 Å². The molecule has 0 aliphatic carbocycles. The van der Waals surface area contributed by atoms with Crippen LogP contribution >= 0.6 is 0 Å². The van der Waals surface area contributed by atoms with Crippen LogP contribution in [-0.4, -0.2) is 38.0 Å². The van der Waals surface area contributed by atoms with E-state index in [9.17, 15) is 8.42 Å². The van der Waals surface area contributed by atoms with Gasteiger partial charge in [-0.15, -0.1) is 0 Å². The number of morpholine rings is 1. The summed E-state index contributed by atoms with van der Waals surface area (Å²) in [4.78, 5) is 0.385. The van der Waals surface area contributed by atoms with E-state index in [2.05, 4.69) is 0 Å². The van der Waals surface area contributed by atoms with Crippen molar-refractivity contribution in [3.63, 3.8) is 0 Å². The van der Waals surface area contributed by atoms with Crippen LogP contribution in [0.25, 0.3) is 0 Å². The van der Waals surface area contributed by atoms with Crippen LogP contribution in [-0.2, 0) is 14.8 Å². The van der Waals surface area contributed by atoms with Gasteiger partial charge in [-0.25, -0.2) is 8.42 Å². The SMILES string of the molecule is Cc1ccc(S(=O)(=O)N2C[C@@H]3C[C@@H]2CO3)cc1. The molecule has 2 aliphatic rings. The van der Waals surface area contributed by atoms with Gasteiger partial charge < -0.3 is 4.74 Å². The van der Waals surface area contributed by atoms with Crippen molar-refractivity contribution in [1.29, 1.82) is 0 Å². The summed E-state index contributed by atoms with van der Waals surface area (Å²) in [5.41, 5.74) is 1.07. The number of benzene rings is 1. The largest absolute Gasteiger partial charge is 0.375 e. The van der Waals surface area contributed by atoms with E-state index in [1.807, 2.05) is 19.1 Å². The van der Waals surface area contributed by atoms with E-state index in [4.69, 9.17) is 4.74 Å². The van der Waals surface area contributed by atoms with Crippen LogP contribution in [0.1, 0.15) is 12.0 Å². The fourth-order valence-electron chi connectivity index (χ4n) is 2.50. The van der Waals surface area contributed by atoms with Gasteiger partial charge in [0.25, 0.3) is 0 Å². The van der Waals surface area contributed by atoms with Crippen molar-refractivity contribution in [2.24, 2.45) is 0 Å². The standard InChI is InChI=1S/C12H15NO3S/c1-9-2-4-12(5-3-9)17(14,15)13-7-11-6-10(13)8-16-11/h2-5,10-11H,6-8H2,1H3/t10-,11+/m1/s1. The molecule has 2 fully saturated rings. The van der Waals surface area contributed by atoms with Gasteiger partial charge in [0.2, 0.25) is 10.0 Å². The molecule has 0 spiro atoms. The highest BCUT2D eigenvalue weighted by Crippen LogP contribution is 2.32. The number of hydrogen-bond donors (Lipinski definition) is 0. The van der Waals surface area contributed by atoms with E-state index < -0.39 is 10.0 Å². The molecule has 0 radical (unpaired) electrons. The molecule has 1 aromatic carbocycles.